The van der Waals surface area contributed by atoms with Gasteiger partial charge in [0.15, 0.2) is 11.5 Å². The summed E-state index contributed by atoms with van der Waals surface area (Å²) in [5.74, 6) is 0.298. The van der Waals surface area contributed by atoms with Gasteiger partial charge in [0, 0.05) is 25.8 Å². The first-order valence-electron chi connectivity index (χ1n) is 9.33. The van der Waals surface area contributed by atoms with Crippen molar-refractivity contribution in [2.75, 3.05) is 12.4 Å². The van der Waals surface area contributed by atoms with Gasteiger partial charge in [-0.1, -0.05) is 63.4 Å². The molecular weight excluding hydrogens is 515 g/mol. The van der Waals surface area contributed by atoms with Crippen molar-refractivity contribution in [1.82, 2.24) is 0 Å². The van der Waals surface area contributed by atoms with Crippen LogP contribution < -0.4 is 14.8 Å². The Morgan fingerprint density at radius 2 is 1.81 bits per heavy atom. The smallest absolute Gasteiger partial charge is 0.266 e. The lowest BCUT2D eigenvalue weighted by Gasteiger charge is -2.14. The van der Waals surface area contributed by atoms with E-state index in [1.807, 2.05) is 30.3 Å². The lowest BCUT2D eigenvalue weighted by atomic mass is 10.1. The summed E-state index contributed by atoms with van der Waals surface area (Å²) in [5.41, 5.74) is 1.73. The molecule has 0 spiro atoms. The van der Waals surface area contributed by atoms with Crippen molar-refractivity contribution < 1.29 is 14.3 Å². The van der Waals surface area contributed by atoms with Gasteiger partial charge in [-0.15, -0.1) is 0 Å². The first kappa shape index (κ1) is 23.7. The molecule has 0 aliphatic carbocycles. The minimum atomic E-state index is -0.604. The van der Waals surface area contributed by atoms with Crippen LogP contribution in [0.2, 0.25) is 10.0 Å². The third-order valence-corrected chi connectivity index (χ3v) is 5.28. The van der Waals surface area contributed by atoms with E-state index >= 15 is 0 Å². The average molecular weight is 532 g/mol. The Hall–Kier alpha value is -2.98. The molecule has 0 saturated carbocycles. The highest BCUT2D eigenvalue weighted by Gasteiger charge is 2.15. The van der Waals surface area contributed by atoms with Gasteiger partial charge in [0.1, 0.15) is 18.2 Å². The largest absolute Gasteiger partial charge is 0.493 e. The second kappa shape index (κ2) is 11.1. The number of anilines is 1. The highest BCUT2D eigenvalue weighted by atomic mass is 79.9. The van der Waals surface area contributed by atoms with E-state index in [2.05, 4.69) is 21.2 Å². The minimum absolute atomic E-state index is 0.122. The molecule has 8 heteroatoms. The molecule has 162 valence electrons. The standard InChI is InChI=1S/C24H17BrCl2N2O3/c1-31-22-4-2-3-16(23(22)32-14-15-5-7-18(25)8-6-15)9-17(13-28)24(30)29-21-11-19(26)10-20(27)12-21/h2-12H,14H2,1H3,(H,29,30). The molecule has 3 aromatic carbocycles. The summed E-state index contributed by atoms with van der Waals surface area (Å²) in [6.45, 7) is 0.281. The molecule has 0 atom stereocenters. The number of nitriles is 1. The second-order valence-corrected chi connectivity index (χ2v) is 8.36. The molecule has 0 aliphatic rings. The predicted molar refractivity (Wildman–Crippen MR) is 130 cm³/mol. The van der Waals surface area contributed by atoms with Gasteiger partial charge in [0.25, 0.3) is 5.91 Å². The average Bonchev–Trinajstić information content (AvgIpc) is 2.76. The molecule has 32 heavy (non-hydrogen) atoms. The predicted octanol–water partition coefficient (Wildman–Crippen LogP) is 6.89. The molecule has 3 rings (SSSR count). The van der Waals surface area contributed by atoms with Crippen LogP contribution in [0.4, 0.5) is 5.69 Å². The number of hydrogen-bond donors (Lipinski definition) is 1. The Labute approximate surface area is 204 Å². The first-order valence-corrected chi connectivity index (χ1v) is 10.9. The summed E-state index contributed by atoms with van der Waals surface area (Å²) in [4.78, 5) is 12.7. The Morgan fingerprint density at radius 1 is 1.12 bits per heavy atom. The fourth-order valence-electron chi connectivity index (χ4n) is 2.83. The van der Waals surface area contributed by atoms with Gasteiger partial charge in [-0.05, 0) is 48.0 Å². The van der Waals surface area contributed by atoms with Crippen LogP contribution in [0.25, 0.3) is 6.08 Å². The van der Waals surface area contributed by atoms with Crippen molar-refractivity contribution in [3.8, 4) is 17.6 Å². The van der Waals surface area contributed by atoms with E-state index in [1.165, 1.54) is 13.2 Å². The van der Waals surface area contributed by atoms with Crippen molar-refractivity contribution in [3.63, 3.8) is 0 Å². The van der Waals surface area contributed by atoms with Crippen molar-refractivity contribution in [2.45, 2.75) is 6.61 Å². The molecule has 0 unspecified atom stereocenters. The van der Waals surface area contributed by atoms with Gasteiger partial charge >= 0.3 is 0 Å². The number of ether oxygens (including phenoxy) is 2. The number of benzene rings is 3. The van der Waals surface area contributed by atoms with E-state index in [0.717, 1.165) is 10.0 Å². The van der Waals surface area contributed by atoms with Gasteiger partial charge in [-0.2, -0.15) is 5.26 Å². The number of methoxy groups -OCH3 is 1. The summed E-state index contributed by atoms with van der Waals surface area (Å²) in [5, 5.41) is 13.0. The zero-order valence-electron chi connectivity index (χ0n) is 16.9. The fourth-order valence-corrected chi connectivity index (χ4v) is 3.62. The highest BCUT2D eigenvalue weighted by Crippen LogP contribution is 2.33. The van der Waals surface area contributed by atoms with Gasteiger partial charge in [-0.3, -0.25) is 4.79 Å². The van der Waals surface area contributed by atoms with Crippen LogP contribution in [0.15, 0.2) is 70.7 Å². The Kier molecular flexibility index (Phi) is 8.18. The summed E-state index contributed by atoms with van der Waals surface area (Å²) < 4.78 is 12.4. The molecule has 0 fully saturated rings. The van der Waals surface area contributed by atoms with E-state index in [-0.39, 0.29) is 12.2 Å². The van der Waals surface area contributed by atoms with Gasteiger partial charge in [0.05, 0.1) is 7.11 Å². The maximum absolute atomic E-state index is 12.7. The topological polar surface area (TPSA) is 71.3 Å². The van der Waals surface area contributed by atoms with Crippen LogP contribution in [0, 0.1) is 11.3 Å². The van der Waals surface area contributed by atoms with Gasteiger partial charge in [0.2, 0.25) is 0 Å². The number of carbonyl (C=O) groups excluding carboxylic acids is 1. The van der Waals surface area contributed by atoms with E-state index in [0.29, 0.717) is 32.8 Å². The highest BCUT2D eigenvalue weighted by molar-refractivity contribution is 9.10. The summed E-state index contributed by atoms with van der Waals surface area (Å²) in [7, 11) is 1.52. The Bertz CT molecular complexity index is 1180. The number of rotatable bonds is 7. The first-order chi connectivity index (χ1) is 15.4. The number of halogens is 3. The number of nitrogens with one attached hydrogen (secondary N) is 1. The Balaban J connectivity index is 1.88. The van der Waals surface area contributed by atoms with Gasteiger partial charge < -0.3 is 14.8 Å². The lowest BCUT2D eigenvalue weighted by molar-refractivity contribution is -0.112. The number of para-hydroxylation sites is 1. The quantitative estimate of drug-likeness (QED) is 0.266. The normalized spacial score (nSPS) is 10.9. The Morgan fingerprint density at radius 3 is 2.44 bits per heavy atom. The van der Waals surface area contributed by atoms with Crippen LogP contribution in [0.5, 0.6) is 11.5 Å². The molecule has 5 nitrogen and oxygen atoms in total. The molecule has 0 bridgehead atoms. The summed E-state index contributed by atoms with van der Waals surface area (Å²) >= 11 is 15.4. The number of amides is 1. The minimum Gasteiger partial charge on any atom is -0.493 e. The van der Waals surface area contributed by atoms with Crippen LogP contribution in [0.3, 0.4) is 0 Å². The lowest BCUT2D eigenvalue weighted by Crippen LogP contribution is -2.13. The van der Waals surface area contributed by atoms with Crippen LogP contribution in [-0.2, 0) is 11.4 Å². The van der Waals surface area contributed by atoms with Crippen molar-refractivity contribution in [1.29, 1.82) is 5.26 Å². The molecule has 0 heterocycles. The molecule has 1 N–H and O–H groups in total. The molecule has 0 saturated heterocycles. The van der Waals surface area contributed by atoms with E-state index < -0.39 is 5.91 Å². The van der Waals surface area contributed by atoms with E-state index in [4.69, 9.17) is 32.7 Å². The molecule has 1 amide bonds. The SMILES string of the molecule is COc1cccc(C=C(C#N)C(=O)Nc2cc(Cl)cc(Cl)c2)c1OCc1ccc(Br)cc1. The van der Waals surface area contributed by atoms with Crippen LogP contribution in [0.1, 0.15) is 11.1 Å². The van der Waals surface area contributed by atoms with Crippen molar-refractivity contribution >= 4 is 56.8 Å². The zero-order chi connectivity index (χ0) is 23.1. The maximum Gasteiger partial charge on any atom is 0.266 e. The molecule has 3 aromatic rings. The van der Waals surface area contributed by atoms with Crippen LogP contribution >= 0.6 is 39.1 Å². The van der Waals surface area contributed by atoms with Gasteiger partial charge in [-0.25, -0.2) is 0 Å². The summed E-state index contributed by atoms with van der Waals surface area (Å²) in [6, 6.07) is 19.5. The zero-order valence-corrected chi connectivity index (χ0v) is 20.0. The molecule has 0 aromatic heterocycles. The second-order valence-electron chi connectivity index (χ2n) is 6.58. The summed E-state index contributed by atoms with van der Waals surface area (Å²) in [6.07, 6.45) is 1.45. The molecular formula is C24H17BrCl2N2O3. The number of nitrogens with zero attached hydrogens (tertiary/aromatic N) is 1. The van der Waals surface area contributed by atoms with E-state index in [1.54, 1.807) is 36.4 Å². The molecule has 0 aliphatic heterocycles. The third-order valence-electron chi connectivity index (χ3n) is 4.31. The van der Waals surface area contributed by atoms with E-state index in [9.17, 15) is 10.1 Å². The van der Waals surface area contributed by atoms with Crippen molar-refractivity contribution in [2.24, 2.45) is 0 Å². The number of carbonyl (C=O) groups is 1. The fraction of sp³-hybridized carbons (Fsp3) is 0.0833. The molecule has 0 radical (unpaired) electrons. The van der Waals surface area contributed by atoms with Crippen molar-refractivity contribution in [3.05, 3.63) is 91.9 Å². The maximum atomic E-state index is 12.7. The third kappa shape index (κ3) is 6.27. The number of hydrogen-bond acceptors (Lipinski definition) is 4. The monoisotopic (exact) mass is 530 g/mol. The van der Waals surface area contributed by atoms with Crippen LogP contribution in [-0.4, -0.2) is 13.0 Å².